The van der Waals surface area contributed by atoms with E-state index in [1.165, 1.54) is 16.7 Å². The van der Waals surface area contributed by atoms with Crippen LogP contribution in [-0.4, -0.2) is 5.11 Å². The number of benzene rings is 2. The molecule has 0 heterocycles. The molecule has 0 amide bonds. The van der Waals surface area contributed by atoms with Crippen LogP contribution in [0.1, 0.15) is 36.1 Å². The number of phenolic OH excluding ortho intramolecular Hbond substituents is 1. The van der Waals surface area contributed by atoms with Crippen LogP contribution in [0.25, 0.3) is 11.1 Å². The Morgan fingerprint density at radius 1 is 0.842 bits per heavy atom. The fourth-order valence-corrected chi connectivity index (χ4v) is 2.62. The molecule has 1 N–H and O–H groups in total. The van der Waals surface area contributed by atoms with Crippen molar-refractivity contribution in [1.29, 1.82) is 0 Å². The Balaban J connectivity index is 2.59. The normalized spacial score (nSPS) is 10.7. The van der Waals surface area contributed by atoms with Crippen LogP contribution < -0.4 is 0 Å². The third kappa shape index (κ3) is 2.65. The summed E-state index contributed by atoms with van der Waals surface area (Å²) in [4.78, 5) is 0. The highest BCUT2D eigenvalue weighted by atomic mass is 16.3. The third-order valence-corrected chi connectivity index (χ3v) is 3.75. The van der Waals surface area contributed by atoms with E-state index in [-0.39, 0.29) is 0 Å². The van der Waals surface area contributed by atoms with Crippen LogP contribution in [0.5, 0.6) is 5.75 Å². The second kappa shape index (κ2) is 5.48. The van der Waals surface area contributed by atoms with Gasteiger partial charge in [0.05, 0.1) is 0 Å². The summed E-state index contributed by atoms with van der Waals surface area (Å²) in [6.07, 6.45) is 1.99. The van der Waals surface area contributed by atoms with Gasteiger partial charge >= 0.3 is 0 Å². The van der Waals surface area contributed by atoms with Gasteiger partial charge in [-0.15, -0.1) is 0 Å². The van der Waals surface area contributed by atoms with Gasteiger partial charge in [-0.05, 0) is 60.6 Å². The largest absolute Gasteiger partial charge is 0.507 e. The molecule has 2 rings (SSSR count). The van der Waals surface area contributed by atoms with Crippen molar-refractivity contribution in [2.75, 3.05) is 0 Å². The van der Waals surface area contributed by atoms with Gasteiger partial charge in [0.2, 0.25) is 0 Å². The number of phenols is 1. The highest BCUT2D eigenvalue weighted by Crippen LogP contribution is 2.36. The molecule has 0 aromatic heterocycles. The molecule has 19 heavy (non-hydrogen) atoms. The van der Waals surface area contributed by atoms with E-state index in [4.69, 9.17) is 0 Å². The Kier molecular flexibility index (Phi) is 3.94. The van der Waals surface area contributed by atoms with Crippen molar-refractivity contribution in [2.24, 2.45) is 0 Å². The first-order valence-corrected chi connectivity index (χ1v) is 6.99. The lowest BCUT2D eigenvalue weighted by molar-refractivity contribution is 0.476. The van der Waals surface area contributed by atoms with E-state index in [0.29, 0.717) is 5.75 Å². The summed E-state index contributed by atoms with van der Waals surface area (Å²) in [5, 5.41) is 10.3. The average Bonchev–Trinajstić information content (AvgIpc) is 2.39. The molecule has 0 spiro atoms. The predicted molar refractivity (Wildman–Crippen MR) is 81.8 cm³/mol. The first kappa shape index (κ1) is 13.7. The van der Waals surface area contributed by atoms with Crippen LogP contribution in [0.15, 0.2) is 30.3 Å². The van der Waals surface area contributed by atoms with Crippen molar-refractivity contribution in [3.8, 4) is 16.9 Å². The Morgan fingerprint density at radius 3 is 2.00 bits per heavy atom. The minimum absolute atomic E-state index is 0.393. The number of aromatic hydroxyl groups is 1. The number of aryl methyl sites for hydroxylation is 4. The number of hydrogen-bond acceptors (Lipinski definition) is 1. The van der Waals surface area contributed by atoms with Crippen LogP contribution in [0, 0.1) is 13.8 Å². The fourth-order valence-electron chi connectivity index (χ4n) is 2.62. The minimum Gasteiger partial charge on any atom is -0.507 e. The molecule has 0 bridgehead atoms. The zero-order valence-electron chi connectivity index (χ0n) is 12.2. The molecule has 1 heteroatoms. The van der Waals surface area contributed by atoms with Gasteiger partial charge in [-0.3, -0.25) is 0 Å². The van der Waals surface area contributed by atoms with E-state index < -0.39 is 0 Å². The molecule has 0 aliphatic carbocycles. The molecule has 1 nitrogen and oxygen atoms in total. The molecular formula is C18H22O. The average molecular weight is 254 g/mol. The lowest BCUT2D eigenvalue weighted by Crippen LogP contribution is -1.92. The lowest BCUT2D eigenvalue weighted by Gasteiger charge is -2.14. The summed E-state index contributed by atoms with van der Waals surface area (Å²) in [6.45, 7) is 8.45. The topological polar surface area (TPSA) is 20.2 Å². The standard InChI is InChI=1S/C18H22O/c1-5-14-7-8-16(12(3)9-14)18-13(4)10-15(6-2)11-17(18)19/h7-11,19H,5-6H2,1-4H3. The van der Waals surface area contributed by atoms with E-state index in [9.17, 15) is 5.11 Å². The van der Waals surface area contributed by atoms with Gasteiger partial charge in [-0.25, -0.2) is 0 Å². The maximum atomic E-state index is 10.3. The summed E-state index contributed by atoms with van der Waals surface area (Å²) in [5.41, 5.74) is 6.99. The lowest BCUT2D eigenvalue weighted by atomic mass is 9.92. The maximum Gasteiger partial charge on any atom is 0.123 e. The monoisotopic (exact) mass is 254 g/mol. The van der Waals surface area contributed by atoms with Crippen molar-refractivity contribution in [2.45, 2.75) is 40.5 Å². The maximum absolute atomic E-state index is 10.3. The Labute approximate surface area is 115 Å². The molecule has 0 radical (unpaired) electrons. The molecule has 0 saturated carbocycles. The minimum atomic E-state index is 0.393. The van der Waals surface area contributed by atoms with Gasteiger partial charge in [0, 0.05) is 5.56 Å². The van der Waals surface area contributed by atoms with Gasteiger partial charge in [0.15, 0.2) is 0 Å². The summed E-state index contributed by atoms with van der Waals surface area (Å²) < 4.78 is 0. The molecule has 0 aliphatic rings. The molecule has 0 aliphatic heterocycles. The van der Waals surface area contributed by atoms with Crippen LogP contribution >= 0.6 is 0 Å². The third-order valence-electron chi connectivity index (χ3n) is 3.75. The van der Waals surface area contributed by atoms with Crippen molar-refractivity contribution in [1.82, 2.24) is 0 Å². The van der Waals surface area contributed by atoms with E-state index >= 15 is 0 Å². The first-order chi connectivity index (χ1) is 9.06. The van der Waals surface area contributed by atoms with Gasteiger partial charge in [0.1, 0.15) is 5.75 Å². The summed E-state index contributed by atoms with van der Waals surface area (Å²) >= 11 is 0. The van der Waals surface area contributed by atoms with E-state index in [1.54, 1.807) is 0 Å². The smallest absolute Gasteiger partial charge is 0.123 e. The summed E-state index contributed by atoms with van der Waals surface area (Å²) in [7, 11) is 0. The summed E-state index contributed by atoms with van der Waals surface area (Å²) in [5.74, 6) is 0.393. The zero-order valence-corrected chi connectivity index (χ0v) is 12.2. The van der Waals surface area contributed by atoms with Crippen LogP contribution in [0.3, 0.4) is 0 Å². The van der Waals surface area contributed by atoms with Crippen molar-refractivity contribution < 1.29 is 5.11 Å². The molecule has 100 valence electrons. The van der Waals surface area contributed by atoms with Crippen LogP contribution in [0.2, 0.25) is 0 Å². The number of rotatable bonds is 3. The van der Waals surface area contributed by atoms with Gasteiger partial charge in [-0.1, -0.05) is 38.1 Å². The Hall–Kier alpha value is -1.76. The second-order valence-corrected chi connectivity index (χ2v) is 5.16. The molecule has 0 atom stereocenters. The molecule has 2 aromatic carbocycles. The van der Waals surface area contributed by atoms with Crippen LogP contribution in [0.4, 0.5) is 0 Å². The van der Waals surface area contributed by atoms with Gasteiger partial charge in [-0.2, -0.15) is 0 Å². The molecule has 2 aromatic rings. The molecule has 0 fully saturated rings. The Bertz CT molecular complexity index is 574. The van der Waals surface area contributed by atoms with Crippen LogP contribution in [-0.2, 0) is 12.8 Å². The van der Waals surface area contributed by atoms with Gasteiger partial charge in [0.25, 0.3) is 0 Å². The zero-order chi connectivity index (χ0) is 14.0. The van der Waals surface area contributed by atoms with Crippen molar-refractivity contribution >= 4 is 0 Å². The Morgan fingerprint density at radius 2 is 1.47 bits per heavy atom. The highest BCUT2D eigenvalue weighted by molar-refractivity contribution is 5.76. The van der Waals surface area contributed by atoms with E-state index in [1.807, 2.05) is 6.07 Å². The van der Waals surface area contributed by atoms with Gasteiger partial charge < -0.3 is 5.11 Å². The number of hydrogen-bond donors (Lipinski definition) is 1. The van der Waals surface area contributed by atoms with Crippen molar-refractivity contribution in [3.05, 3.63) is 52.6 Å². The highest BCUT2D eigenvalue weighted by Gasteiger charge is 2.11. The molecule has 0 unspecified atom stereocenters. The van der Waals surface area contributed by atoms with E-state index in [0.717, 1.165) is 29.5 Å². The fraction of sp³-hybridized carbons (Fsp3) is 0.333. The second-order valence-electron chi connectivity index (χ2n) is 5.16. The quantitative estimate of drug-likeness (QED) is 0.834. The molecular weight excluding hydrogens is 232 g/mol. The van der Waals surface area contributed by atoms with Crippen molar-refractivity contribution in [3.63, 3.8) is 0 Å². The predicted octanol–water partition coefficient (Wildman–Crippen LogP) is 4.80. The molecule has 0 saturated heterocycles. The first-order valence-electron chi connectivity index (χ1n) is 6.99. The summed E-state index contributed by atoms with van der Waals surface area (Å²) in [6, 6.07) is 10.5. The van der Waals surface area contributed by atoms with E-state index in [2.05, 4.69) is 52.0 Å². The SMILES string of the molecule is CCc1ccc(-c2c(C)cc(CC)cc2O)c(C)c1.